The summed E-state index contributed by atoms with van der Waals surface area (Å²) in [7, 11) is 0. The van der Waals surface area contributed by atoms with Crippen molar-refractivity contribution in [1.29, 1.82) is 0 Å². The van der Waals surface area contributed by atoms with Crippen LogP contribution in [0, 0.1) is 0 Å². The van der Waals surface area contributed by atoms with Gasteiger partial charge in [-0.05, 0) is 35.2 Å². The number of hydrogen-bond donors (Lipinski definition) is 1. The second-order valence-corrected chi connectivity index (χ2v) is 7.62. The number of nitrogens with one attached hydrogen (secondary N) is 1. The summed E-state index contributed by atoms with van der Waals surface area (Å²) >= 11 is 0. The van der Waals surface area contributed by atoms with Crippen LogP contribution in [0.25, 0.3) is 22.5 Å². The van der Waals surface area contributed by atoms with Gasteiger partial charge in [0.15, 0.2) is 0 Å². The quantitative estimate of drug-likeness (QED) is 0.408. The van der Waals surface area contributed by atoms with Crippen molar-refractivity contribution >= 4 is 0 Å². The molecule has 4 aromatic rings. The van der Waals surface area contributed by atoms with Crippen molar-refractivity contribution in [2.75, 3.05) is 0 Å². The lowest BCUT2D eigenvalue weighted by atomic mass is 9.98. The lowest BCUT2D eigenvalue weighted by molar-refractivity contribution is 0.647. The number of tetrazole rings is 1. The summed E-state index contributed by atoms with van der Waals surface area (Å²) in [5.41, 5.74) is 3.98. The summed E-state index contributed by atoms with van der Waals surface area (Å²) in [6, 6.07) is 16.2. The molecule has 0 unspecified atom stereocenters. The first kappa shape index (κ1) is 21.4. The second-order valence-electron chi connectivity index (χ2n) is 7.62. The first-order chi connectivity index (χ1) is 15.7. The lowest BCUT2D eigenvalue weighted by Crippen LogP contribution is -2.25. The Labute approximate surface area is 186 Å². The average molecular weight is 430 g/mol. The third kappa shape index (κ3) is 4.59. The van der Waals surface area contributed by atoms with Crippen LogP contribution < -0.4 is 5.69 Å². The van der Waals surface area contributed by atoms with Gasteiger partial charge in [0.25, 0.3) is 0 Å². The molecule has 8 nitrogen and oxygen atoms in total. The Morgan fingerprint density at radius 3 is 2.53 bits per heavy atom. The average Bonchev–Trinajstić information content (AvgIpc) is 3.46. The molecular formula is C24H27N7O. The highest BCUT2D eigenvalue weighted by Gasteiger charge is 2.14. The van der Waals surface area contributed by atoms with E-state index >= 15 is 0 Å². The molecule has 0 saturated carbocycles. The highest BCUT2D eigenvalue weighted by atomic mass is 16.2. The molecule has 0 aliphatic heterocycles. The molecule has 0 aliphatic rings. The maximum absolute atomic E-state index is 12.9. The zero-order chi connectivity index (χ0) is 22.3. The molecule has 2 aromatic heterocycles. The Morgan fingerprint density at radius 2 is 1.84 bits per heavy atom. The molecule has 0 atom stereocenters. The standard InChI is InChI=1S/C24H27N7O/c1-3-5-11-22-27-31(16-6-4-2)24(32)30(22)17-18-12-14-19(15-13-18)20-9-7-8-10-21(20)23-25-28-29-26-23/h4,6-10,12-15H,3,5,11,16-17H2,1-2H3,(H,25,26,28,29)/b6-4+. The Morgan fingerprint density at radius 1 is 1.06 bits per heavy atom. The van der Waals surface area contributed by atoms with E-state index in [0.29, 0.717) is 18.9 Å². The van der Waals surface area contributed by atoms with E-state index in [0.717, 1.165) is 47.3 Å². The maximum atomic E-state index is 12.9. The van der Waals surface area contributed by atoms with Crippen LogP contribution in [-0.4, -0.2) is 35.0 Å². The summed E-state index contributed by atoms with van der Waals surface area (Å²) in [6.45, 7) is 5.08. The van der Waals surface area contributed by atoms with E-state index in [1.54, 1.807) is 9.25 Å². The van der Waals surface area contributed by atoms with E-state index in [9.17, 15) is 4.79 Å². The van der Waals surface area contributed by atoms with Gasteiger partial charge in [-0.2, -0.15) is 10.3 Å². The molecule has 164 valence electrons. The number of allylic oxidation sites excluding steroid dienone is 2. The molecule has 0 aliphatic carbocycles. The lowest BCUT2D eigenvalue weighted by Gasteiger charge is -2.09. The van der Waals surface area contributed by atoms with Crippen molar-refractivity contribution in [3.05, 3.63) is 82.6 Å². The minimum absolute atomic E-state index is 0.0688. The molecule has 8 heteroatoms. The van der Waals surface area contributed by atoms with Crippen LogP contribution in [0.5, 0.6) is 0 Å². The summed E-state index contributed by atoms with van der Waals surface area (Å²) in [5, 5.41) is 19.0. The van der Waals surface area contributed by atoms with Crippen LogP contribution in [0.3, 0.4) is 0 Å². The van der Waals surface area contributed by atoms with E-state index in [2.05, 4.69) is 56.9 Å². The van der Waals surface area contributed by atoms with Crippen LogP contribution in [0.4, 0.5) is 0 Å². The van der Waals surface area contributed by atoms with E-state index in [4.69, 9.17) is 0 Å². The number of nitrogens with zero attached hydrogens (tertiary/aromatic N) is 6. The first-order valence-electron chi connectivity index (χ1n) is 10.9. The number of aryl methyl sites for hydroxylation is 1. The zero-order valence-corrected chi connectivity index (χ0v) is 18.4. The minimum atomic E-state index is -0.0688. The highest BCUT2D eigenvalue weighted by molar-refractivity contribution is 5.80. The van der Waals surface area contributed by atoms with Gasteiger partial charge in [0, 0.05) is 12.0 Å². The van der Waals surface area contributed by atoms with E-state index < -0.39 is 0 Å². The Bertz CT molecular complexity index is 1230. The molecule has 0 amide bonds. The normalized spacial score (nSPS) is 11.4. The fourth-order valence-corrected chi connectivity index (χ4v) is 3.67. The van der Waals surface area contributed by atoms with Crippen LogP contribution in [0.1, 0.15) is 38.1 Å². The van der Waals surface area contributed by atoms with Gasteiger partial charge in [-0.15, -0.1) is 10.2 Å². The molecule has 2 aromatic carbocycles. The van der Waals surface area contributed by atoms with Gasteiger partial charge >= 0.3 is 5.69 Å². The molecular weight excluding hydrogens is 402 g/mol. The fourth-order valence-electron chi connectivity index (χ4n) is 3.67. The number of rotatable bonds is 9. The number of unbranched alkanes of at least 4 members (excludes halogenated alkanes) is 1. The molecule has 0 saturated heterocycles. The van der Waals surface area contributed by atoms with Gasteiger partial charge < -0.3 is 0 Å². The Hall–Kier alpha value is -3.81. The predicted octanol–water partition coefficient (Wildman–Crippen LogP) is 3.86. The fraction of sp³-hybridized carbons (Fsp3) is 0.292. The van der Waals surface area contributed by atoms with Gasteiger partial charge in [0.05, 0.1) is 13.1 Å². The monoisotopic (exact) mass is 429 g/mol. The maximum Gasteiger partial charge on any atom is 0.346 e. The first-order valence-corrected chi connectivity index (χ1v) is 10.9. The molecule has 2 heterocycles. The summed E-state index contributed by atoms with van der Waals surface area (Å²) in [6.07, 6.45) is 6.74. The third-order valence-corrected chi connectivity index (χ3v) is 5.39. The molecule has 4 rings (SSSR count). The van der Waals surface area contributed by atoms with Crippen molar-refractivity contribution in [3.8, 4) is 22.5 Å². The van der Waals surface area contributed by atoms with Gasteiger partial charge in [-0.1, -0.05) is 74.0 Å². The van der Waals surface area contributed by atoms with Crippen molar-refractivity contribution in [1.82, 2.24) is 35.0 Å². The summed E-state index contributed by atoms with van der Waals surface area (Å²) in [4.78, 5) is 12.9. The molecule has 1 N–H and O–H groups in total. The SMILES string of the molecule is C/C=C/Cn1nc(CCCC)n(Cc2ccc(-c3ccccc3-c3nn[nH]n3)cc2)c1=O. The number of H-pyrrole nitrogens is 1. The number of benzene rings is 2. The number of aromatic nitrogens is 7. The van der Waals surface area contributed by atoms with Crippen molar-refractivity contribution < 1.29 is 0 Å². The van der Waals surface area contributed by atoms with Crippen LogP contribution in [0.2, 0.25) is 0 Å². The van der Waals surface area contributed by atoms with Crippen molar-refractivity contribution in [3.63, 3.8) is 0 Å². The minimum Gasteiger partial charge on any atom is -0.274 e. The summed E-state index contributed by atoms with van der Waals surface area (Å²) in [5.74, 6) is 1.40. The molecule has 0 fully saturated rings. The Balaban J connectivity index is 1.61. The van der Waals surface area contributed by atoms with Gasteiger partial charge in [0.1, 0.15) is 5.82 Å². The van der Waals surface area contributed by atoms with Crippen LogP contribution >= 0.6 is 0 Å². The number of aromatic amines is 1. The molecule has 0 spiro atoms. The van der Waals surface area contributed by atoms with Gasteiger partial charge in [-0.3, -0.25) is 4.57 Å². The van der Waals surface area contributed by atoms with E-state index in [-0.39, 0.29) is 5.69 Å². The van der Waals surface area contributed by atoms with E-state index in [1.165, 1.54) is 0 Å². The molecule has 32 heavy (non-hydrogen) atoms. The van der Waals surface area contributed by atoms with Crippen molar-refractivity contribution in [2.24, 2.45) is 0 Å². The van der Waals surface area contributed by atoms with E-state index in [1.807, 2.05) is 43.3 Å². The van der Waals surface area contributed by atoms with Crippen LogP contribution in [-0.2, 0) is 19.5 Å². The highest BCUT2D eigenvalue weighted by Crippen LogP contribution is 2.29. The molecule has 0 bridgehead atoms. The van der Waals surface area contributed by atoms with Crippen LogP contribution in [0.15, 0.2) is 65.5 Å². The van der Waals surface area contributed by atoms with Gasteiger partial charge in [-0.25, -0.2) is 9.48 Å². The largest absolute Gasteiger partial charge is 0.346 e. The summed E-state index contributed by atoms with van der Waals surface area (Å²) < 4.78 is 3.34. The smallest absolute Gasteiger partial charge is 0.274 e. The third-order valence-electron chi connectivity index (χ3n) is 5.39. The van der Waals surface area contributed by atoms with Gasteiger partial charge in [0.2, 0.25) is 5.82 Å². The zero-order valence-electron chi connectivity index (χ0n) is 18.4. The Kier molecular flexibility index (Phi) is 6.69. The molecule has 0 radical (unpaired) electrons. The number of hydrogen-bond acceptors (Lipinski definition) is 5. The predicted molar refractivity (Wildman–Crippen MR) is 124 cm³/mol. The topological polar surface area (TPSA) is 94.3 Å². The second kappa shape index (κ2) is 10.00. The van der Waals surface area contributed by atoms with Crippen molar-refractivity contribution in [2.45, 2.75) is 46.2 Å².